The third-order valence-electron chi connectivity index (χ3n) is 3.14. The van der Waals surface area contributed by atoms with Gasteiger partial charge in [-0.15, -0.1) is 12.4 Å². The van der Waals surface area contributed by atoms with Gasteiger partial charge >= 0.3 is 0 Å². The molecule has 0 amide bonds. The molecular weight excluding hydrogens is 201 g/mol. The molecule has 0 atom stereocenters. The van der Waals surface area contributed by atoms with Gasteiger partial charge in [0.05, 0.1) is 0 Å². The lowest BCUT2D eigenvalue weighted by atomic mass is 9.64. The van der Waals surface area contributed by atoms with Crippen molar-refractivity contribution in [3.8, 4) is 0 Å². The summed E-state index contributed by atoms with van der Waals surface area (Å²) in [5.41, 5.74) is 6.88. The number of nitrogens with two attached hydrogens (primary N) is 1. The zero-order valence-corrected chi connectivity index (χ0v) is 8.82. The molecule has 14 heavy (non-hydrogen) atoms. The molecule has 0 aromatic heterocycles. The molecule has 0 heterocycles. The highest BCUT2D eigenvalue weighted by atomic mass is 35.5. The first-order valence-electron chi connectivity index (χ1n) is 4.73. The van der Waals surface area contributed by atoms with Crippen LogP contribution in [0.1, 0.15) is 24.8 Å². The van der Waals surface area contributed by atoms with Gasteiger partial charge in [0.25, 0.3) is 0 Å². The van der Waals surface area contributed by atoms with Crippen molar-refractivity contribution in [2.24, 2.45) is 5.73 Å². The van der Waals surface area contributed by atoms with Gasteiger partial charge in [-0.2, -0.15) is 0 Å². The van der Waals surface area contributed by atoms with E-state index in [4.69, 9.17) is 5.73 Å². The molecule has 1 nitrogen and oxygen atoms in total. The van der Waals surface area contributed by atoms with Crippen molar-refractivity contribution < 1.29 is 4.39 Å². The molecule has 0 saturated heterocycles. The molecule has 0 bridgehead atoms. The van der Waals surface area contributed by atoms with Crippen molar-refractivity contribution in [1.29, 1.82) is 0 Å². The quantitative estimate of drug-likeness (QED) is 0.807. The largest absolute Gasteiger partial charge is 0.330 e. The summed E-state index contributed by atoms with van der Waals surface area (Å²) in [6, 6.07) is 6.84. The summed E-state index contributed by atoms with van der Waals surface area (Å²) < 4.78 is 13.0. The molecule has 1 aliphatic carbocycles. The van der Waals surface area contributed by atoms with E-state index in [2.05, 4.69) is 0 Å². The van der Waals surface area contributed by atoms with Crippen LogP contribution in [0.4, 0.5) is 4.39 Å². The second-order valence-corrected chi connectivity index (χ2v) is 3.85. The topological polar surface area (TPSA) is 26.0 Å². The summed E-state index contributed by atoms with van der Waals surface area (Å²) in [6.07, 6.45) is 3.42. The van der Waals surface area contributed by atoms with Gasteiger partial charge in [0, 0.05) is 12.0 Å². The maximum absolute atomic E-state index is 13.0. The summed E-state index contributed by atoms with van der Waals surface area (Å²) in [6.45, 7) is 0.635. The van der Waals surface area contributed by atoms with Crippen LogP contribution in [0.2, 0.25) is 0 Å². The first-order valence-corrected chi connectivity index (χ1v) is 4.73. The molecule has 1 fully saturated rings. The first-order chi connectivity index (χ1) is 6.27. The Morgan fingerprint density at radius 2 is 2.07 bits per heavy atom. The smallest absolute Gasteiger partial charge is 0.123 e. The summed E-state index contributed by atoms with van der Waals surface area (Å²) in [4.78, 5) is 0. The lowest BCUT2D eigenvalue weighted by Gasteiger charge is -2.41. The summed E-state index contributed by atoms with van der Waals surface area (Å²) in [5.74, 6) is -0.155. The van der Waals surface area contributed by atoms with Gasteiger partial charge in [-0.25, -0.2) is 4.39 Å². The fourth-order valence-corrected chi connectivity index (χ4v) is 2.03. The fraction of sp³-hybridized carbons (Fsp3) is 0.455. The molecular formula is C11H15ClFN. The molecule has 1 aromatic carbocycles. The highest BCUT2D eigenvalue weighted by Crippen LogP contribution is 2.42. The monoisotopic (exact) mass is 215 g/mol. The number of halogens is 2. The van der Waals surface area contributed by atoms with E-state index in [1.165, 1.54) is 12.5 Å². The zero-order chi connectivity index (χ0) is 9.31. The Bertz CT molecular complexity index is 304. The van der Waals surface area contributed by atoms with Gasteiger partial charge in [0.15, 0.2) is 0 Å². The maximum atomic E-state index is 13.0. The highest BCUT2D eigenvalue weighted by molar-refractivity contribution is 5.85. The zero-order valence-electron chi connectivity index (χ0n) is 8.00. The van der Waals surface area contributed by atoms with E-state index in [0.717, 1.165) is 18.4 Å². The van der Waals surface area contributed by atoms with Gasteiger partial charge in [-0.1, -0.05) is 18.6 Å². The average molecular weight is 216 g/mol. The fourth-order valence-electron chi connectivity index (χ4n) is 2.03. The van der Waals surface area contributed by atoms with Crippen LogP contribution in [0.3, 0.4) is 0 Å². The Balaban J connectivity index is 0.000000980. The number of rotatable bonds is 2. The number of hydrogen-bond acceptors (Lipinski definition) is 1. The molecule has 0 spiro atoms. The van der Waals surface area contributed by atoms with Crippen LogP contribution in [-0.2, 0) is 5.41 Å². The van der Waals surface area contributed by atoms with Crippen LogP contribution in [0.15, 0.2) is 24.3 Å². The van der Waals surface area contributed by atoms with E-state index in [9.17, 15) is 4.39 Å². The Morgan fingerprint density at radius 1 is 1.36 bits per heavy atom. The molecule has 3 heteroatoms. The molecule has 2 N–H and O–H groups in total. The molecule has 0 unspecified atom stereocenters. The van der Waals surface area contributed by atoms with E-state index >= 15 is 0 Å². The van der Waals surface area contributed by atoms with E-state index in [1.54, 1.807) is 12.1 Å². The summed E-state index contributed by atoms with van der Waals surface area (Å²) in [5, 5.41) is 0. The molecule has 0 radical (unpaired) electrons. The van der Waals surface area contributed by atoms with Crippen molar-refractivity contribution in [3.05, 3.63) is 35.6 Å². The third-order valence-corrected chi connectivity index (χ3v) is 3.14. The van der Waals surface area contributed by atoms with E-state index < -0.39 is 0 Å². The minimum absolute atomic E-state index is 0. The summed E-state index contributed by atoms with van der Waals surface area (Å²) >= 11 is 0. The molecule has 2 rings (SSSR count). The Labute approximate surface area is 89.9 Å². The van der Waals surface area contributed by atoms with Crippen LogP contribution >= 0.6 is 12.4 Å². The predicted molar refractivity (Wildman–Crippen MR) is 58.2 cm³/mol. The van der Waals surface area contributed by atoms with Crippen LogP contribution in [0.5, 0.6) is 0 Å². The average Bonchev–Trinajstić information content (AvgIpc) is 2.03. The van der Waals surface area contributed by atoms with E-state index in [1.807, 2.05) is 6.07 Å². The lowest BCUT2D eigenvalue weighted by molar-refractivity contribution is 0.252. The van der Waals surface area contributed by atoms with Crippen molar-refractivity contribution in [2.75, 3.05) is 6.54 Å². The van der Waals surface area contributed by atoms with Gasteiger partial charge in [0.1, 0.15) is 5.82 Å². The van der Waals surface area contributed by atoms with Crippen molar-refractivity contribution in [3.63, 3.8) is 0 Å². The van der Waals surface area contributed by atoms with E-state index in [0.29, 0.717) is 6.54 Å². The molecule has 0 aliphatic heterocycles. The third kappa shape index (κ3) is 1.77. The molecule has 1 saturated carbocycles. The van der Waals surface area contributed by atoms with Crippen molar-refractivity contribution in [2.45, 2.75) is 24.7 Å². The normalized spacial score (nSPS) is 18.1. The minimum Gasteiger partial charge on any atom is -0.330 e. The summed E-state index contributed by atoms with van der Waals surface area (Å²) in [7, 11) is 0. The predicted octanol–water partition coefficient (Wildman–Crippen LogP) is 2.63. The molecule has 78 valence electrons. The SMILES string of the molecule is Cl.NCC1(c2cccc(F)c2)CCC1. The van der Waals surface area contributed by atoms with Crippen LogP contribution < -0.4 is 5.73 Å². The second kappa shape index (κ2) is 4.28. The molecule has 1 aliphatic rings. The first kappa shape index (κ1) is 11.5. The maximum Gasteiger partial charge on any atom is 0.123 e. The van der Waals surface area contributed by atoms with Crippen LogP contribution in [0, 0.1) is 5.82 Å². The Morgan fingerprint density at radius 3 is 2.50 bits per heavy atom. The van der Waals surface area contributed by atoms with Gasteiger partial charge in [0.2, 0.25) is 0 Å². The highest BCUT2D eigenvalue weighted by Gasteiger charge is 2.37. The van der Waals surface area contributed by atoms with Crippen molar-refractivity contribution >= 4 is 12.4 Å². The minimum atomic E-state index is -0.155. The number of hydrogen-bond donors (Lipinski definition) is 1. The van der Waals surface area contributed by atoms with Gasteiger partial charge in [-0.05, 0) is 30.5 Å². The van der Waals surface area contributed by atoms with E-state index in [-0.39, 0.29) is 23.6 Å². The van der Waals surface area contributed by atoms with Gasteiger partial charge < -0.3 is 5.73 Å². The Hall–Kier alpha value is -0.600. The number of benzene rings is 1. The van der Waals surface area contributed by atoms with Crippen molar-refractivity contribution in [1.82, 2.24) is 0 Å². The molecule has 1 aromatic rings. The Kier molecular flexibility index (Phi) is 3.51. The standard InChI is InChI=1S/C11H14FN.ClH/c12-10-4-1-3-9(7-10)11(8-13)5-2-6-11;/h1,3-4,7H,2,5-6,8,13H2;1H. The second-order valence-electron chi connectivity index (χ2n) is 3.85. The van der Waals surface area contributed by atoms with Crippen LogP contribution in [0.25, 0.3) is 0 Å². The van der Waals surface area contributed by atoms with Gasteiger partial charge in [-0.3, -0.25) is 0 Å². The lowest BCUT2D eigenvalue weighted by Crippen LogP contribution is -2.41. The van der Waals surface area contributed by atoms with Crippen LogP contribution in [-0.4, -0.2) is 6.54 Å².